The minimum atomic E-state index is -0.581. The molecule has 2 aromatic rings. The van der Waals surface area contributed by atoms with Crippen molar-refractivity contribution in [1.82, 2.24) is 9.55 Å². The molecular weight excluding hydrogens is 295 g/mol. The molecule has 0 radical (unpaired) electrons. The minimum Gasteiger partial charge on any atom is -0.276 e. The first-order valence-corrected chi connectivity index (χ1v) is 7.37. The Balaban J connectivity index is 2.13. The quantitative estimate of drug-likeness (QED) is 0.827. The minimum absolute atomic E-state index is 0.0247. The van der Waals surface area contributed by atoms with Crippen molar-refractivity contribution in [3.05, 3.63) is 52.5 Å². The Morgan fingerprint density at radius 1 is 1.25 bits per heavy atom. The molecule has 104 valence electrons. The standard InChI is InChI=1S/C15H14Cl2N2O/c16-11-3-4-13(17)12(9-11)15(5-1-2-6-15)14(20)19-8-7-18-10-19/h3-4,7-10H,1-2,5-6H2. The molecule has 0 spiro atoms. The molecule has 1 saturated carbocycles. The summed E-state index contributed by atoms with van der Waals surface area (Å²) >= 11 is 12.4. The van der Waals surface area contributed by atoms with Crippen molar-refractivity contribution >= 4 is 29.1 Å². The van der Waals surface area contributed by atoms with E-state index in [0.717, 1.165) is 31.2 Å². The molecule has 1 aromatic heterocycles. The van der Waals surface area contributed by atoms with Gasteiger partial charge in [0.2, 0.25) is 5.91 Å². The molecule has 3 rings (SSSR count). The number of hydrogen-bond donors (Lipinski definition) is 0. The van der Waals surface area contributed by atoms with E-state index in [-0.39, 0.29) is 5.91 Å². The van der Waals surface area contributed by atoms with Gasteiger partial charge in [0.25, 0.3) is 0 Å². The number of imidazole rings is 1. The van der Waals surface area contributed by atoms with Crippen LogP contribution in [0.5, 0.6) is 0 Å². The molecule has 0 saturated heterocycles. The highest BCUT2D eigenvalue weighted by Gasteiger charge is 2.44. The summed E-state index contributed by atoms with van der Waals surface area (Å²) in [5.41, 5.74) is 0.255. The molecule has 1 heterocycles. The van der Waals surface area contributed by atoms with Gasteiger partial charge in [-0.05, 0) is 36.6 Å². The Hall–Kier alpha value is -1.32. The van der Waals surface area contributed by atoms with Crippen molar-refractivity contribution in [2.24, 2.45) is 0 Å². The zero-order valence-corrected chi connectivity index (χ0v) is 12.4. The second-order valence-corrected chi connectivity index (χ2v) is 6.03. The lowest BCUT2D eigenvalue weighted by molar-refractivity contribution is 0.0797. The predicted octanol–water partition coefficient (Wildman–Crippen LogP) is 4.34. The van der Waals surface area contributed by atoms with Crippen molar-refractivity contribution in [1.29, 1.82) is 0 Å². The van der Waals surface area contributed by atoms with Crippen LogP contribution >= 0.6 is 23.2 Å². The van der Waals surface area contributed by atoms with Gasteiger partial charge in [0, 0.05) is 22.4 Å². The smallest absolute Gasteiger partial charge is 0.242 e. The molecule has 0 unspecified atom stereocenters. The van der Waals surface area contributed by atoms with Crippen LogP contribution in [0, 0.1) is 0 Å². The highest BCUT2D eigenvalue weighted by Crippen LogP contribution is 2.45. The average Bonchev–Trinajstić information content (AvgIpc) is 3.12. The fraction of sp³-hybridized carbons (Fsp3) is 0.333. The van der Waals surface area contributed by atoms with Crippen LogP contribution in [0.3, 0.4) is 0 Å². The van der Waals surface area contributed by atoms with E-state index in [9.17, 15) is 4.79 Å². The molecule has 5 heteroatoms. The van der Waals surface area contributed by atoms with E-state index in [4.69, 9.17) is 23.2 Å². The first-order chi connectivity index (χ1) is 9.63. The second-order valence-electron chi connectivity index (χ2n) is 5.19. The van der Waals surface area contributed by atoms with Gasteiger partial charge < -0.3 is 0 Å². The van der Waals surface area contributed by atoms with Crippen LogP contribution in [0.4, 0.5) is 0 Å². The summed E-state index contributed by atoms with van der Waals surface area (Å²) in [6, 6.07) is 5.34. The molecule has 3 nitrogen and oxygen atoms in total. The van der Waals surface area contributed by atoms with E-state index < -0.39 is 5.41 Å². The fourth-order valence-corrected chi connectivity index (χ4v) is 3.54. The van der Waals surface area contributed by atoms with E-state index in [1.807, 2.05) is 6.07 Å². The van der Waals surface area contributed by atoms with Crippen LogP contribution < -0.4 is 0 Å². The number of rotatable bonds is 2. The van der Waals surface area contributed by atoms with Crippen molar-refractivity contribution in [2.75, 3.05) is 0 Å². The first-order valence-electron chi connectivity index (χ1n) is 6.62. The molecule has 0 bridgehead atoms. The van der Waals surface area contributed by atoms with Gasteiger partial charge in [-0.25, -0.2) is 4.98 Å². The Kier molecular flexibility index (Phi) is 3.57. The molecular formula is C15H14Cl2N2O. The molecule has 0 aliphatic heterocycles. The van der Waals surface area contributed by atoms with Gasteiger partial charge in [-0.1, -0.05) is 36.0 Å². The van der Waals surface area contributed by atoms with E-state index in [0.29, 0.717) is 10.0 Å². The molecule has 1 aromatic carbocycles. The predicted molar refractivity (Wildman–Crippen MR) is 79.5 cm³/mol. The summed E-state index contributed by atoms with van der Waals surface area (Å²) in [7, 11) is 0. The van der Waals surface area contributed by atoms with Crippen LogP contribution in [0.2, 0.25) is 10.0 Å². The third kappa shape index (κ3) is 2.15. The van der Waals surface area contributed by atoms with Gasteiger partial charge in [-0.3, -0.25) is 9.36 Å². The van der Waals surface area contributed by atoms with Gasteiger partial charge >= 0.3 is 0 Å². The molecule has 0 N–H and O–H groups in total. The molecule has 1 aliphatic carbocycles. The third-order valence-electron chi connectivity index (χ3n) is 4.05. The summed E-state index contributed by atoms with van der Waals surface area (Å²) in [5.74, 6) is 0.0247. The number of benzene rings is 1. The van der Waals surface area contributed by atoms with Crippen molar-refractivity contribution < 1.29 is 4.79 Å². The summed E-state index contributed by atoms with van der Waals surface area (Å²) in [5, 5.41) is 1.21. The van der Waals surface area contributed by atoms with Gasteiger partial charge in [0.05, 0.1) is 5.41 Å². The van der Waals surface area contributed by atoms with Crippen LogP contribution in [0.15, 0.2) is 36.9 Å². The zero-order chi connectivity index (χ0) is 14.2. The number of halogens is 2. The summed E-state index contributed by atoms with van der Waals surface area (Å²) in [6.07, 6.45) is 8.46. The lowest BCUT2D eigenvalue weighted by Crippen LogP contribution is -2.37. The summed E-state index contributed by atoms with van der Waals surface area (Å²) in [4.78, 5) is 16.9. The lowest BCUT2D eigenvalue weighted by atomic mass is 9.78. The molecule has 1 fully saturated rings. The Morgan fingerprint density at radius 3 is 2.65 bits per heavy atom. The number of aromatic nitrogens is 2. The van der Waals surface area contributed by atoms with E-state index >= 15 is 0 Å². The van der Waals surface area contributed by atoms with Gasteiger partial charge in [0.15, 0.2) is 0 Å². The monoisotopic (exact) mass is 308 g/mol. The normalized spacial score (nSPS) is 17.3. The van der Waals surface area contributed by atoms with Gasteiger partial charge in [-0.15, -0.1) is 0 Å². The second kappa shape index (κ2) is 5.23. The maximum absolute atomic E-state index is 12.9. The molecule has 0 atom stereocenters. The highest BCUT2D eigenvalue weighted by atomic mass is 35.5. The fourth-order valence-electron chi connectivity index (χ4n) is 3.07. The van der Waals surface area contributed by atoms with Crippen LogP contribution in [-0.4, -0.2) is 15.5 Å². The topological polar surface area (TPSA) is 34.9 Å². The van der Waals surface area contributed by atoms with Crippen molar-refractivity contribution in [3.8, 4) is 0 Å². The average molecular weight is 309 g/mol. The maximum Gasteiger partial charge on any atom is 0.242 e. The lowest BCUT2D eigenvalue weighted by Gasteiger charge is -2.29. The van der Waals surface area contributed by atoms with E-state index in [1.54, 1.807) is 35.4 Å². The number of nitrogens with zero attached hydrogens (tertiary/aromatic N) is 2. The molecule has 0 amide bonds. The Labute approximate surface area is 127 Å². The van der Waals surface area contributed by atoms with Crippen LogP contribution in [0.1, 0.15) is 36.0 Å². The Bertz CT molecular complexity index is 631. The summed E-state index contributed by atoms with van der Waals surface area (Å²) < 4.78 is 1.54. The van der Waals surface area contributed by atoms with Gasteiger partial charge in [0.1, 0.15) is 6.33 Å². The maximum atomic E-state index is 12.9. The largest absolute Gasteiger partial charge is 0.276 e. The van der Waals surface area contributed by atoms with Crippen LogP contribution in [-0.2, 0) is 5.41 Å². The van der Waals surface area contributed by atoms with E-state index in [2.05, 4.69) is 4.98 Å². The van der Waals surface area contributed by atoms with Crippen molar-refractivity contribution in [2.45, 2.75) is 31.1 Å². The number of carbonyl (C=O) groups is 1. The van der Waals surface area contributed by atoms with E-state index in [1.165, 1.54) is 0 Å². The SMILES string of the molecule is O=C(n1ccnc1)C1(c2cc(Cl)ccc2Cl)CCCC1. The molecule has 20 heavy (non-hydrogen) atoms. The third-order valence-corrected chi connectivity index (χ3v) is 4.61. The highest BCUT2D eigenvalue weighted by molar-refractivity contribution is 6.34. The Morgan fingerprint density at radius 2 is 2.00 bits per heavy atom. The van der Waals surface area contributed by atoms with Crippen LogP contribution in [0.25, 0.3) is 0 Å². The zero-order valence-electron chi connectivity index (χ0n) is 10.9. The molecule has 1 aliphatic rings. The van der Waals surface area contributed by atoms with Gasteiger partial charge in [-0.2, -0.15) is 0 Å². The number of hydrogen-bond acceptors (Lipinski definition) is 2. The number of carbonyl (C=O) groups excluding carboxylic acids is 1. The summed E-state index contributed by atoms with van der Waals surface area (Å²) in [6.45, 7) is 0. The van der Waals surface area contributed by atoms with Crippen molar-refractivity contribution in [3.63, 3.8) is 0 Å². The first kappa shape index (κ1) is 13.7.